The summed E-state index contributed by atoms with van der Waals surface area (Å²) in [6.45, 7) is 2.11. The maximum absolute atomic E-state index is 6.26. The fourth-order valence-corrected chi connectivity index (χ4v) is 3.59. The Morgan fingerprint density at radius 1 is 1.44 bits per heavy atom. The number of aromatic nitrogens is 1. The molecule has 84 valence electrons. The zero-order valence-electron chi connectivity index (χ0n) is 9.24. The van der Waals surface area contributed by atoms with Crippen LogP contribution in [0.25, 0.3) is 10.2 Å². The maximum Gasteiger partial charge on any atom is 0.0944 e. The Morgan fingerprint density at radius 3 is 2.81 bits per heavy atom. The lowest BCUT2D eigenvalue weighted by Gasteiger charge is -2.15. The van der Waals surface area contributed by atoms with Gasteiger partial charge in [0.2, 0.25) is 0 Å². The fraction of sp³-hybridized carbons (Fsp3) is 0.462. The van der Waals surface area contributed by atoms with Crippen molar-refractivity contribution in [1.82, 2.24) is 4.98 Å². The molecule has 1 aromatic heterocycles. The molecule has 1 nitrogen and oxygen atoms in total. The first-order valence-corrected chi connectivity index (χ1v) is 6.93. The molecule has 0 aliphatic heterocycles. The number of halogens is 1. The number of hydrogen-bond acceptors (Lipinski definition) is 2. The quantitative estimate of drug-likeness (QED) is 0.744. The van der Waals surface area contributed by atoms with E-state index in [0.29, 0.717) is 5.41 Å². The van der Waals surface area contributed by atoms with Crippen LogP contribution in [0.4, 0.5) is 0 Å². The average Bonchev–Trinajstić information content (AvgIpc) is 2.92. The molecule has 0 saturated heterocycles. The topological polar surface area (TPSA) is 12.9 Å². The van der Waals surface area contributed by atoms with Gasteiger partial charge in [0.25, 0.3) is 0 Å². The molecule has 3 heteroatoms. The number of alkyl halides is 1. The van der Waals surface area contributed by atoms with Gasteiger partial charge in [-0.15, -0.1) is 22.9 Å². The second-order valence-electron chi connectivity index (χ2n) is 4.73. The summed E-state index contributed by atoms with van der Waals surface area (Å²) < 4.78 is 1.29. The Kier molecular flexibility index (Phi) is 2.45. The summed E-state index contributed by atoms with van der Waals surface area (Å²) in [6.07, 6.45) is 3.57. The van der Waals surface area contributed by atoms with Crippen molar-refractivity contribution in [2.45, 2.75) is 31.6 Å². The van der Waals surface area contributed by atoms with Crippen LogP contribution in [0.2, 0.25) is 0 Å². The van der Waals surface area contributed by atoms with Crippen molar-refractivity contribution in [3.05, 3.63) is 29.3 Å². The summed E-state index contributed by atoms with van der Waals surface area (Å²) in [5.41, 5.74) is 1.47. The molecule has 1 aliphatic carbocycles. The Balaban J connectivity index is 1.90. The van der Waals surface area contributed by atoms with E-state index in [1.807, 2.05) is 17.4 Å². The molecule has 0 radical (unpaired) electrons. The van der Waals surface area contributed by atoms with Crippen molar-refractivity contribution in [2.24, 2.45) is 5.41 Å². The lowest BCUT2D eigenvalue weighted by Crippen LogP contribution is -2.15. The number of thiazole rings is 1. The van der Waals surface area contributed by atoms with Crippen LogP contribution < -0.4 is 0 Å². The van der Waals surface area contributed by atoms with E-state index in [2.05, 4.69) is 30.1 Å². The van der Waals surface area contributed by atoms with Crippen LogP contribution in [-0.4, -0.2) is 10.4 Å². The minimum atomic E-state index is 0.263. The monoisotopic (exact) mass is 251 g/mol. The Bertz CT molecular complexity index is 480. The SMILES string of the molecule is CC(Cl)C1(Cc2nc3ccccc3s2)CC1. The van der Waals surface area contributed by atoms with Crippen molar-refractivity contribution >= 4 is 33.2 Å². The van der Waals surface area contributed by atoms with Crippen LogP contribution >= 0.6 is 22.9 Å². The van der Waals surface area contributed by atoms with Crippen molar-refractivity contribution in [3.8, 4) is 0 Å². The highest BCUT2D eigenvalue weighted by Gasteiger charge is 2.47. The van der Waals surface area contributed by atoms with E-state index < -0.39 is 0 Å². The van der Waals surface area contributed by atoms with Gasteiger partial charge in [-0.3, -0.25) is 0 Å². The minimum Gasteiger partial charge on any atom is -0.241 e. The van der Waals surface area contributed by atoms with Gasteiger partial charge in [-0.05, 0) is 37.3 Å². The Hall–Kier alpha value is -0.600. The number of benzene rings is 1. The van der Waals surface area contributed by atoms with Crippen molar-refractivity contribution in [2.75, 3.05) is 0 Å². The molecule has 1 aliphatic rings. The van der Waals surface area contributed by atoms with Crippen molar-refractivity contribution in [1.29, 1.82) is 0 Å². The molecule has 1 unspecified atom stereocenters. The van der Waals surface area contributed by atoms with Gasteiger partial charge in [0.15, 0.2) is 0 Å². The molecule has 1 fully saturated rings. The highest BCUT2D eigenvalue weighted by molar-refractivity contribution is 7.18. The molecule has 0 N–H and O–H groups in total. The van der Waals surface area contributed by atoms with Crippen LogP contribution in [0.5, 0.6) is 0 Å². The van der Waals surface area contributed by atoms with E-state index in [1.54, 1.807) is 0 Å². The normalized spacial score (nSPS) is 19.9. The third kappa shape index (κ3) is 1.74. The second-order valence-corrected chi connectivity index (χ2v) is 6.50. The van der Waals surface area contributed by atoms with E-state index >= 15 is 0 Å². The second kappa shape index (κ2) is 3.71. The average molecular weight is 252 g/mol. The van der Waals surface area contributed by atoms with Gasteiger partial charge in [0.1, 0.15) is 0 Å². The molecule has 0 bridgehead atoms. The van der Waals surface area contributed by atoms with E-state index in [9.17, 15) is 0 Å². The highest BCUT2D eigenvalue weighted by atomic mass is 35.5. The van der Waals surface area contributed by atoms with Crippen molar-refractivity contribution in [3.63, 3.8) is 0 Å². The first-order chi connectivity index (χ1) is 7.70. The van der Waals surface area contributed by atoms with Gasteiger partial charge in [0, 0.05) is 11.8 Å². The summed E-state index contributed by atoms with van der Waals surface area (Å²) >= 11 is 8.07. The summed E-state index contributed by atoms with van der Waals surface area (Å²) in [4.78, 5) is 4.68. The number of hydrogen-bond donors (Lipinski definition) is 0. The zero-order valence-corrected chi connectivity index (χ0v) is 10.8. The highest BCUT2D eigenvalue weighted by Crippen LogP contribution is 2.53. The number of rotatable bonds is 3. The van der Waals surface area contributed by atoms with E-state index in [0.717, 1.165) is 11.9 Å². The molecule has 1 aromatic carbocycles. The predicted octanol–water partition coefficient (Wildman–Crippen LogP) is 4.25. The number of para-hydroxylation sites is 1. The molecule has 16 heavy (non-hydrogen) atoms. The van der Waals surface area contributed by atoms with E-state index in [4.69, 9.17) is 11.6 Å². The van der Waals surface area contributed by atoms with Crippen LogP contribution in [0.3, 0.4) is 0 Å². The largest absolute Gasteiger partial charge is 0.241 e. The van der Waals surface area contributed by atoms with Gasteiger partial charge in [-0.25, -0.2) is 4.98 Å². The minimum absolute atomic E-state index is 0.263. The zero-order chi connectivity index (χ0) is 11.2. The number of fused-ring (bicyclic) bond motifs is 1. The van der Waals surface area contributed by atoms with Gasteiger partial charge in [-0.2, -0.15) is 0 Å². The molecular weight excluding hydrogens is 238 g/mol. The molecule has 3 rings (SSSR count). The molecule has 2 aromatic rings. The maximum atomic E-state index is 6.26. The number of nitrogens with zero attached hydrogens (tertiary/aromatic N) is 1. The van der Waals surface area contributed by atoms with Gasteiger partial charge >= 0.3 is 0 Å². The summed E-state index contributed by atoms with van der Waals surface area (Å²) in [5.74, 6) is 0. The standard InChI is InChI=1S/C13H14ClNS/c1-9(14)13(6-7-13)8-12-15-10-4-2-3-5-11(10)16-12/h2-5,9H,6-8H2,1H3. The van der Waals surface area contributed by atoms with Crippen LogP contribution in [0.1, 0.15) is 24.8 Å². The molecule has 1 saturated carbocycles. The first-order valence-electron chi connectivity index (χ1n) is 5.68. The lowest BCUT2D eigenvalue weighted by molar-refractivity contribution is 0.496. The third-order valence-corrected chi connectivity index (χ3v) is 5.08. The van der Waals surface area contributed by atoms with Crippen LogP contribution in [0.15, 0.2) is 24.3 Å². The van der Waals surface area contributed by atoms with Gasteiger partial charge < -0.3 is 0 Å². The Labute approximate surface area is 104 Å². The van der Waals surface area contributed by atoms with Crippen molar-refractivity contribution < 1.29 is 0 Å². The Morgan fingerprint density at radius 2 is 2.19 bits per heavy atom. The third-order valence-electron chi connectivity index (χ3n) is 3.58. The molecular formula is C13H14ClNS. The fourth-order valence-electron chi connectivity index (χ4n) is 2.17. The first kappa shape index (κ1) is 10.5. The van der Waals surface area contributed by atoms with E-state index in [-0.39, 0.29) is 5.38 Å². The van der Waals surface area contributed by atoms with Crippen LogP contribution in [-0.2, 0) is 6.42 Å². The summed E-state index contributed by atoms with van der Waals surface area (Å²) in [5, 5.41) is 1.51. The summed E-state index contributed by atoms with van der Waals surface area (Å²) in [6, 6.07) is 8.34. The van der Waals surface area contributed by atoms with Crippen LogP contribution in [0, 0.1) is 5.41 Å². The molecule has 1 atom stereocenters. The predicted molar refractivity (Wildman–Crippen MR) is 70.3 cm³/mol. The van der Waals surface area contributed by atoms with Gasteiger partial charge in [-0.1, -0.05) is 12.1 Å². The molecule has 0 spiro atoms. The molecule has 0 amide bonds. The van der Waals surface area contributed by atoms with E-state index in [1.165, 1.54) is 22.5 Å². The molecule has 1 heterocycles. The lowest BCUT2D eigenvalue weighted by atomic mass is 9.99. The summed E-state index contributed by atoms with van der Waals surface area (Å²) in [7, 11) is 0. The van der Waals surface area contributed by atoms with Gasteiger partial charge in [0.05, 0.1) is 15.2 Å². The smallest absolute Gasteiger partial charge is 0.0944 e.